The van der Waals surface area contributed by atoms with E-state index in [9.17, 15) is 5.21 Å². The Bertz CT molecular complexity index is 174. The van der Waals surface area contributed by atoms with Gasteiger partial charge in [0.2, 0.25) is 6.20 Å². The molecule has 0 aliphatic carbocycles. The van der Waals surface area contributed by atoms with Crippen LogP contribution in [-0.4, -0.2) is 10.1 Å². The van der Waals surface area contributed by atoms with Crippen LogP contribution in [0.25, 0.3) is 0 Å². The molecule has 0 spiro atoms. The lowest BCUT2D eigenvalue weighted by atomic mass is 10.9. The predicted octanol–water partition coefficient (Wildman–Crippen LogP) is -0.237. The molecule has 0 aromatic carbocycles. The number of aromatic nitrogens is 3. The molecule has 0 saturated carbocycles. The summed E-state index contributed by atoms with van der Waals surface area (Å²) in [7, 11) is 0. The first-order valence-electron chi connectivity index (χ1n) is 1.87. The molecule has 1 aromatic rings. The van der Waals surface area contributed by atoms with Crippen molar-refractivity contribution in [2.75, 3.05) is 0 Å². The molecule has 1 heterocycles. The minimum Gasteiger partial charge on any atom is -0.594 e. The van der Waals surface area contributed by atoms with Crippen LogP contribution in [0.2, 0.25) is 5.28 Å². The van der Waals surface area contributed by atoms with Gasteiger partial charge < -0.3 is 5.21 Å². The van der Waals surface area contributed by atoms with Crippen molar-refractivity contribution in [1.29, 1.82) is 0 Å². The molecule has 0 unspecified atom stereocenters. The molecule has 0 N–H and O–H groups in total. The van der Waals surface area contributed by atoms with Gasteiger partial charge in [-0.25, -0.2) is 4.98 Å². The fraction of sp³-hybridized carbons (Fsp3) is 0. The Morgan fingerprint density at radius 1 is 1.75 bits per heavy atom. The van der Waals surface area contributed by atoms with Gasteiger partial charge in [-0.1, -0.05) is 4.85 Å². The standard InChI is InChI=1S/C3H2ClN3O/c4-3-5-1-2-7(8)6-3/h1-2H. The lowest BCUT2D eigenvalue weighted by Crippen LogP contribution is -2.30. The first-order valence-corrected chi connectivity index (χ1v) is 2.25. The summed E-state index contributed by atoms with van der Waals surface area (Å²) in [4.78, 5) is 3.82. The molecule has 0 amide bonds. The highest BCUT2D eigenvalue weighted by Crippen LogP contribution is 1.89. The average Bonchev–Trinajstić information content (AvgIpc) is 1.64. The summed E-state index contributed by atoms with van der Waals surface area (Å²) in [6.45, 7) is 0. The molecule has 0 saturated heterocycles. The van der Waals surface area contributed by atoms with Gasteiger partial charge in [0.15, 0.2) is 0 Å². The van der Waals surface area contributed by atoms with Crippen molar-refractivity contribution in [3.8, 4) is 0 Å². The van der Waals surface area contributed by atoms with E-state index >= 15 is 0 Å². The summed E-state index contributed by atoms with van der Waals surface area (Å²) in [5.74, 6) is 0. The van der Waals surface area contributed by atoms with Gasteiger partial charge in [0, 0.05) is 5.10 Å². The predicted molar refractivity (Wildman–Crippen MR) is 26.0 cm³/mol. The second-order valence-corrected chi connectivity index (χ2v) is 1.44. The van der Waals surface area contributed by atoms with E-state index in [0.717, 1.165) is 6.20 Å². The van der Waals surface area contributed by atoms with Gasteiger partial charge in [-0.05, 0) is 11.6 Å². The Morgan fingerprint density at radius 3 is 2.88 bits per heavy atom. The maximum Gasteiger partial charge on any atom is 0.290 e. The highest BCUT2D eigenvalue weighted by molar-refractivity contribution is 6.28. The van der Waals surface area contributed by atoms with Gasteiger partial charge in [0.05, 0.1) is 6.20 Å². The van der Waals surface area contributed by atoms with Crippen LogP contribution in [0.5, 0.6) is 0 Å². The molecule has 1 rings (SSSR count). The highest BCUT2D eigenvalue weighted by atomic mass is 35.5. The Kier molecular flexibility index (Phi) is 1.26. The normalized spacial score (nSPS) is 9.12. The van der Waals surface area contributed by atoms with Crippen LogP contribution < -0.4 is 4.85 Å². The number of hydrogen-bond acceptors (Lipinski definition) is 3. The zero-order valence-corrected chi connectivity index (χ0v) is 4.54. The lowest BCUT2D eigenvalue weighted by molar-refractivity contribution is -0.669. The fourth-order valence-corrected chi connectivity index (χ4v) is 0.423. The zero-order valence-electron chi connectivity index (χ0n) is 3.78. The molecular formula is C3H2ClN3O. The van der Waals surface area contributed by atoms with Crippen molar-refractivity contribution < 1.29 is 4.85 Å². The summed E-state index contributed by atoms with van der Waals surface area (Å²) in [5.41, 5.74) is 0. The minimum absolute atomic E-state index is 0.0394. The van der Waals surface area contributed by atoms with E-state index in [-0.39, 0.29) is 5.28 Å². The van der Waals surface area contributed by atoms with E-state index in [1.807, 2.05) is 0 Å². The number of hydrogen-bond donors (Lipinski definition) is 0. The van der Waals surface area contributed by atoms with Crippen molar-refractivity contribution >= 4 is 11.6 Å². The Labute approximate surface area is 50.3 Å². The second kappa shape index (κ2) is 1.92. The van der Waals surface area contributed by atoms with Gasteiger partial charge in [-0.3, -0.25) is 0 Å². The third-order valence-electron chi connectivity index (χ3n) is 0.556. The topological polar surface area (TPSA) is 52.7 Å². The van der Waals surface area contributed by atoms with E-state index < -0.39 is 0 Å². The van der Waals surface area contributed by atoms with Crippen LogP contribution in [0.1, 0.15) is 0 Å². The van der Waals surface area contributed by atoms with Gasteiger partial charge in [0.25, 0.3) is 5.28 Å². The Balaban J connectivity index is 3.08. The van der Waals surface area contributed by atoms with Gasteiger partial charge in [0.1, 0.15) is 0 Å². The second-order valence-electron chi connectivity index (χ2n) is 1.10. The Hall–Kier alpha value is -0.900. The van der Waals surface area contributed by atoms with Crippen molar-refractivity contribution in [1.82, 2.24) is 10.1 Å². The molecule has 8 heavy (non-hydrogen) atoms. The molecule has 4 nitrogen and oxygen atoms in total. The molecule has 0 aliphatic rings. The maximum absolute atomic E-state index is 10.2. The van der Waals surface area contributed by atoms with E-state index in [2.05, 4.69) is 10.1 Å². The average molecular weight is 132 g/mol. The first-order chi connectivity index (χ1) is 3.79. The van der Waals surface area contributed by atoms with Crippen molar-refractivity contribution in [3.05, 3.63) is 22.9 Å². The smallest absolute Gasteiger partial charge is 0.290 e. The van der Waals surface area contributed by atoms with Gasteiger partial charge in [-0.15, -0.1) is 0 Å². The monoisotopic (exact) mass is 131 g/mol. The van der Waals surface area contributed by atoms with Crippen molar-refractivity contribution in [2.45, 2.75) is 0 Å². The number of halogens is 1. The van der Waals surface area contributed by atoms with Crippen LogP contribution >= 0.6 is 11.6 Å². The molecular weight excluding hydrogens is 130 g/mol. The van der Waals surface area contributed by atoms with Crippen LogP contribution in [0.15, 0.2) is 12.4 Å². The van der Waals surface area contributed by atoms with Gasteiger partial charge in [-0.2, -0.15) is 0 Å². The molecule has 0 radical (unpaired) electrons. The fourth-order valence-electron chi connectivity index (χ4n) is 0.292. The number of rotatable bonds is 0. The van der Waals surface area contributed by atoms with E-state index in [0.29, 0.717) is 4.85 Å². The van der Waals surface area contributed by atoms with Gasteiger partial charge >= 0.3 is 0 Å². The molecule has 0 aliphatic heterocycles. The summed E-state index contributed by atoms with van der Waals surface area (Å²) >= 11 is 5.20. The summed E-state index contributed by atoms with van der Waals surface area (Å²) in [5, 5.41) is 13.3. The molecule has 5 heteroatoms. The largest absolute Gasteiger partial charge is 0.594 e. The van der Waals surface area contributed by atoms with E-state index in [4.69, 9.17) is 11.6 Å². The molecule has 0 atom stereocenters. The summed E-state index contributed by atoms with van der Waals surface area (Å²) in [6, 6.07) is 0. The van der Waals surface area contributed by atoms with Crippen molar-refractivity contribution in [3.63, 3.8) is 0 Å². The van der Waals surface area contributed by atoms with Crippen LogP contribution in [0, 0.1) is 5.21 Å². The summed E-state index contributed by atoms with van der Waals surface area (Å²) in [6.07, 6.45) is 2.44. The molecule has 0 bridgehead atoms. The van der Waals surface area contributed by atoms with E-state index in [1.165, 1.54) is 6.20 Å². The third-order valence-corrected chi connectivity index (χ3v) is 0.730. The van der Waals surface area contributed by atoms with Crippen LogP contribution in [-0.2, 0) is 0 Å². The van der Waals surface area contributed by atoms with Crippen LogP contribution in [0.3, 0.4) is 0 Å². The maximum atomic E-state index is 10.2. The quantitative estimate of drug-likeness (QED) is 0.361. The lowest BCUT2D eigenvalue weighted by Gasteiger charge is -1.87. The minimum atomic E-state index is -0.0394. The van der Waals surface area contributed by atoms with E-state index in [1.54, 1.807) is 0 Å². The molecule has 42 valence electrons. The SMILES string of the molecule is [O-][n+]1ccnc(Cl)n1. The summed E-state index contributed by atoms with van der Waals surface area (Å²) < 4.78 is 0. The highest BCUT2D eigenvalue weighted by Gasteiger charge is 1.91. The molecule has 1 aromatic heterocycles. The number of nitrogens with zero attached hydrogens (tertiary/aromatic N) is 3. The zero-order chi connectivity index (χ0) is 5.98. The first kappa shape index (κ1) is 5.24. The van der Waals surface area contributed by atoms with Crippen molar-refractivity contribution in [2.24, 2.45) is 0 Å². The Morgan fingerprint density at radius 2 is 2.50 bits per heavy atom. The molecule has 0 fully saturated rings. The third kappa shape index (κ3) is 1.04. The van der Waals surface area contributed by atoms with Crippen LogP contribution in [0.4, 0.5) is 0 Å².